The molecular formula is C18H13NO2. The molecule has 0 radical (unpaired) electrons. The molecule has 102 valence electrons. The van der Waals surface area contributed by atoms with E-state index in [4.69, 9.17) is 0 Å². The number of carbonyl (C=O) groups excluding carboxylic acids is 1. The van der Waals surface area contributed by atoms with Crippen LogP contribution in [0, 0.1) is 0 Å². The maximum atomic E-state index is 12.5. The van der Waals surface area contributed by atoms with Crippen molar-refractivity contribution in [2.45, 2.75) is 12.0 Å². The van der Waals surface area contributed by atoms with E-state index >= 15 is 0 Å². The van der Waals surface area contributed by atoms with Gasteiger partial charge in [-0.2, -0.15) is 0 Å². The number of aliphatic hydroxyl groups excluding tert-OH is 1. The van der Waals surface area contributed by atoms with Gasteiger partial charge in [-0.15, -0.1) is 0 Å². The van der Waals surface area contributed by atoms with Crippen molar-refractivity contribution in [2.24, 2.45) is 0 Å². The van der Waals surface area contributed by atoms with Crippen molar-refractivity contribution in [2.75, 3.05) is 0 Å². The number of ketones is 1. The van der Waals surface area contributed by atoms with Gasteiger partial charge in [-0.05, 0) is 17.7 Å². The Bertz CT molecular complexity index is 856. The highest BCUT2D eigenvalue weighted by Gasteiger charge is 2.40. The van der Waals surface area contributed by atoms with Crippen molar-refractivity contribution in [3.05, 3.63) is 77.5 Å². The number of para-hydroxylation sites is 1. The van der Waals surface area contributed by atoms with Crippen molar-refractivity contribution in [1.82, 2.24) is 4.98 Å². The predicted molar refractivity (Wildman–Crippen MR) is 80.2 cm³/mol. The van der Waals surface area contributed by atoms with E-state index in [9.17, 15) is 9.90 Å². The average molecular weight is 275 g/mol. The number of Topliss-reactive ketones (excluding diaryl/α,β-unsaturated/α-hetero) is 1. The van der Waals surface area contributed by atoms with Gasteiger partial charge in [-0.1, -0.05) is 48.5 Å². The molecule has 0 saturated heterocycles. The van der Waals surface area contributed by atoms with Gasteiger partial charge in [0.15, 0.2) is 5.78 Å². The Hall–Kier alpha value is -2.52. The smallest absolute Gasteiger partial charge is 0.175 e. The van der Waals surface area contributed by atoms with Gasteiger partial charge in [0.2, 0.25) is 0 Å². The molecule has 2 unspecified atom stereocenters. The average Bonchev–Trinajstić information content (AvgIpc) is 2.79. The van der Waals surface area contributed by atoms with E-state index in [0.29, 0.717) is 16.8 Å². The molecule has 1 aliphatic carbocycles. The minimum Gasteiger partial charge on any atom is -0.387 e. The molecule has 1 heterocycles. The first kappa shape index (κ1) is 12.2. The van der Waals surface area contributed by atoms with Crippen molar-refractivity contribution >= 4 is 16.7 Å². The van der Waals surface area contributed by atoms with Crippen molar-refractivity contribution in [3.63, 3.8) is 0 Å². The number of fused-ring (bicyclic) bond motifs is 2. The summed E-state index contributed by atoms with van der Waals surface area (Å²) in [6, 6.07) is 18.8. The Labute approximate surface area is 121 Å². The highest BCUT2D eigenvalue weighted by Crippen LogP contribution is 2.41. The van der Waals surface area contributed by atoms with Crippen LogP contribution < -0.4 is 0 Å². The summed E-state index contributed by atoms with van der Waals surface area (Å²) in [6.45, 7) is 0. The van der Waals surface area contributed by atoms with Gasteiger partial charge >= 0.3 is 0 Å². The van der Waals surface area contributed by atoms with Crippen molar-refractivity contribution in [3.8, 4) is 0 Å². The Kier molecular flexibility index (Phi) is 2.62. The Balaban J connectivity index is 1.84. The SMILES string of the molecule is O=C1c2ccccc2C(O)C1c1ccc2ccccc2n1. The van der Waals surface area contributed by atoms with Gasteiger partial charge < -0.3 is 5.11 Å². The van der Waals surface area contributed by atoms with Crippen LogP contribution in [0.25, 0.3) is 10.9 Å². The summed E-state index contributed by atoms with van der Waals surface area (Å²) in [5.74, 6) is -0.659. The largest absolute Gasteiger partial charge is 0.387 e. The van der Waals surface area contributed by atoms with E-state index < -0.39 is 12.0 Å². The van der Waals surface area contributed by atoms with Crippen LogP contribution in [-0.2, 0) is 0 Å². The summed E-state index contributed by atoms with van der Waals surface area (Å²) < 4.78 is 0. The number of pyridine rings is 1. The van der Waals surface area contributed by atoms with E-state index in [0.717, 1.165) is 10.9 Å². The molecule has 0 spiro atoms. The van der Waals surface area contributed by atoms with Gasteiger partial charge in [-0.3, -0.25) is 9.78 Å². The number of aromatic nitrogens is 1. The lowest BCUT2D eigenvalue weighted by Gasteiger charge is -2.13. The Morgan fingerprint density at radius 3 is 2.52 bits per heavy atom. The van der Waals surface area contributed by atoms with Gasteiger partial charge in [0.1, 0.15) is 0 Å². The fourth-order valence-electron chi connectivity index (χ4n) is 3.02. The molecular weight excluding hydrogens is 262 g/mol. The summed E-state index contributed by atoms with van der Waals surface area (Å²) in [5.41, 5.74) is 2.76. The zero-order chi connectivity index (χ0) is 14.4. The molecule has 0 fully saturated rings. The van der Waals surface area contributed by atoms with Crippen LogP contribution in [0.3, 0.4) is 0 Å². The maximum absolute atomic E-state index is 12.5. The monoisotopic (exact) mass is 275 g/mol. The molecule has 1 N–H and O–H groups in total. The second-order valence-electron chi connectivity index (χ2n) is 5.30. The van der Waals surface area contributed by atoms with Gasteiger partial charge in [0.05, 0.1) is 23.2 Å². The number of nitrogens with zero attached hydrogens (tertiary/aromatic N) is 1. The maximum Gasteiger partial charge on any atom is 0.175 e. The van der Waals surface area contributed by atoms with Crippen LogP contribution in [-0.4, -0.2) is 15.9 Å². The molecule has 3 heteroatoms. The summed E-state index contributed by atoms with van der Waals surface area (Å²) >= 11 is 0. The van der Waals surface area contributed by atoms with Gasteiger partial charge in [-0.25, -0.2) is 0 Å². The number of aliphatic hydroxyl groups is 1. The molecule has 2 atom stereocenters. The predicted octanol–water partition coefficient (Wildman–Crippen LogP) is 3.25. The third-order valence-electron chi connectivity index (χ3n) is 4.08. The summed E-state index contributed by atoms with van der Waals surface area (Å²) in [6.07, 6.45) is -0.817. The quantitative estimate of drug-likeness (QED) is 0.741. The standard InChI is InChI=1S/C18H13NO2/c20-17-12-6-2-3-7-13(12)18(21)16(17)15-10-9-11-5-1-4-8-14(11)19-15/h1-10,16-17,20H. The van der Waals surface area contributed by atoms with Crippen LogP contribution in [0.2, 0.25) is 0 Å². The number of hydrogen-bond donors (Lipinski definition) is 1. The van der Waals surface area contributed by atoms with E-state index in [1.54, 1.807) is 12.1 Å². The first-order valence-electron chi connectivity index (χ1n) is 6.92. The normalized spacial score (nSPS) is 20.7. The first-order valence-corrected chi connectivity index (χ1v) is 6.92. The van der Waals surface area contributed by atoms with Crippen LogP contribution in [0.5, 0.6) is 0 Å². The molecule has 4 rings (SSSR count). The second-order valence-corrected chi connectivity index (χ2v) is 5.30. The van der Waals surface area contributed by atoms with Crippen LogP contribution in [0.4, 0.5) is 0 Å². The third kappa shape index (κ3) is 1.78. The third-order valence-corrected chi connectivity index (χ3v) is 4.08. The van der Waals surface area contributed by atoms with E-state index in [1.807, 2.05) is 48.5 Å². The summed E-state index contributed by atoms with van der Waals surface area (Å²) in [7, 11) is 0. The number of rotatable bonds is 1. The molecule has 3 nitrogen and oxygen atoms in total. The lowest BCUT2D eigenvalue weighted by Crippen LogP contribution is -2.13. The van der Waals surface area contributed by atoms with Crippen LogP contribution in [0.1, 0.15) is 33.6 Å². The van der Waals surface area contributed by atoms with E-state index in [2.05, 4.69) is 4.98 Å². The fraction of sp³-hybridized carbons (Fsp3) is 0.111. The minimum atomic E-state index is -0.817. The zero-order valence-electron chi connectivity index (χ0n) is 11.2. The highest BCUT2D eigenvalue weighted by atomic mass is 16.3. The lowest BCUT2D eigenvalue weighted by molar-refractivity contribution is 0.0868. The summed E-state index contributed by atoms with van der Waals surface area (Å²) in [4.78, 5) is 17.1. The van der Waals surface area contributed by atoms with E-state index in [1.165, 1.54) is 0 Å². The zero-order valence-corrected chi connectivity index (χ0v) is 11.2. The molecule has 0 aliphatic heterocycles. The van der Waals surface area contributed by atoms with Crippen molar-refractivity contribution in [1.29, 1.82) is 0 Å². The first-order chi connectivity index (χ1) is 10.3. The van der Waals surface area contributed by atoms with Crippen LogP contribution in [0.15, 0.2) is 60.7 Å². The lowest BCUT2D eigenvalue weighted by atomic mass is 9.97. The summed E-state index contributed by atoms with van der Waals surface area (Å²) in [5, 5.41) is 11.5. The highest BCUT2D eigenvalue weighted by molar-refractivity contribution is 6.06. The molecule has 0 bridgehead atoms. The molecule has 0 saturated carbocycles. The van der Waals surface area contributed by atoms with Gasteiger partial charge in [0.25, 0.3) is 0 Å². The topological polar surface area (TPSA) is 50.2 Å². The second kappa shape index (κ2) is 4.50. The molecule has 1 aromatic heterocycles. The fourth-order valence-corrected chi connectivity index (χ4v) is 3.02. The Morgan fingerprint density at radius 2 is 1.67 bits per heavy atom. The van der Waals surface area contributed by atoms with E-state index in [-0.39, 0.29) is 5.78 Å². The van der Waals surface area contributed by atoms with Gasteiger partial charge in [0, 0.05) is 10.9 Å². The number of carbonyl (C=O) groups is 1. The number of hydrogen-bond acceptors (Lipinski definition) is 3. The molecule has 0 amide bonds. The molecule has 2 aromatic carbocycles. The Morgan fingerprint density at radius 1 is 0.905 bits per heavy atom. The van der Waals surface area contributed by atoms with Crippen molar-refractivity contribution < 1.29 is 9.90 Å². The molecule has 3 aromatic rings. The van der Waals surface area contributed by atoms with Crippen LogP contribution >= 0.6 is 0 Å². The number of benzene rings is 2. The molecule has 21 heavy (non-hydrogen) atoms. The molecule has 1 aliphatic rings. The minimum absolute atomic E-state index is 0.0547.